The van der Waals surface area contributed by atoms with Gasteiger partial charge in [-0.3, -0.25) is 4.79 Å². The lowest BCUT2D eigenvalue weighted by molar-refractivity contribution is -0.110. The van der Waals surface area contributed by atoms with Crippen LogP contribution < -0.4 is 10.6 Å². The summed E-state index contributed by atoms with van der Waals surface area (Å²) in [4.78, 5) is 12.9. The molecule has 4 nitrogen and oxygen atoms in total. The van der Waals surface area contributed by atoms with Crippen molar-refractivity contribution in [2.45, 2.75) is 64.8 Å². The summed E-state index contributed by atoms with van der Waals surface area (Å²) in [6.07, 6.45) is 9.34. The molecule has 2 aliphatic rings. The second kappa shape index (κ2) is 9.30. The topological polar surface area (TPSA) is 54.3 Å². The quantitative estimate of drug-likeness (QED) is 0.383. The van der Waals surface area contributed by atoms with E-state index in [1.807, 2.05) is 18.2 Å². The minimum Gasteiger partial charge on any atom is -0.461 e. The highest BCUT2D eigenvalue weighted by Crippen LogP contribution is 2.41. The summed E-state index contributed by atoms with van der Waals surface area (Å²) in [5, 5.41) is 6.79. The molecule has 1 atom stereocenters. The van der Waals surface area contributed by atoms with Gasteiger partial charge in [-0.1, -0.05) is 44.5 Å². The van der Waals surface area contributed by atoms with Crippen LogP contribution in [0.2, 0.25) is 0 Å². The number of amides is 1. The molecular formula is C29H32N2O2. The van der Waals surface area contributed by atoms with Crippen LogP contribution in [0, 0.1) is 0 Å². The zero-order valence-electron chi connectivity index (χ0n) is 19.5. The van der Waals surface area contributed by atoms with E-state index < -0.39 is 0 Å². The Morgan fingerprint density at radius 3 is 2.70 bits per heavy atom. The molecule has 1 amide bonds. The number of carbonyl (C=O) groups is 1. The number of nitrogens with one attached hydrogen (secondary N) is 2. The van der Waals surface area contributed by atoms with Crippen LogP contribution in [0.25, 0.3) is 11.6 Å². The zero-order chi connectivity index (χ0) is 22.8. The number of hydrogen-bond acceptors (Lipinski definition) is 3. The molecule has 4 heteroatoms. The van der Waals surface area contributed by atoms with Gasteiger partial charge in [-0.05, 0) is 73.6 Å². The number of furan rings is 1. The Morgan fingerprint density at radius 1 is 1.09 bits per heavy atom. The van der Waals surface area contributed by atoms with Gasteiger partial charge >= 0.3 is 0 Å². The fourth-order valence-electron chi connectivity index (χ4n) is 5.14. The van der Waals surface area contributed by atoms with Crippen LogP contribution in [0.4, 0.5) is 11.4 Å². The average molecular weight is 441 g/mol. The second-order valence-corrected chi connectivity index (χ2v) is 9.09. The Hall–Kier alpha value is -3.27. The maximum Gasteiger partial charge on any atom is 0.256 e. The van der Waals surface area contributed by atoms with Crippen molar-refractivity contribution in [3.8, 4) is 0 Å². The molecule has 2 aromatic carbocycles. The van der Waals surface area contributed by atoms with Crippen molar-refractivity contribution >= 4 is 28.9 Å². The molecule has 0 fully saturated rings. The Kier molecular flexibility index (Phi) is 6.08. The van der Waals surface area contributed by atoms with E-state index in [0.29, 0.717) is 5.57 Å². The molecule has 3 aromatic rings. The lowest BCUT2D eigenvalue weighted by Crippen LogP contribution is -2.14. The molecule has 0 radical (unpaired) electrons. The number of fused-ring (bicyclic) bond motifs is 2. The SMILES string of the molecule is CCCC(Nc1ccccc1)c1c(C=C2C(=O)Nc3ccc(CC)cc32)oc2c1CCCC2. The van der Waals surface area contributed by atoms with Crippen molar-refractivity contribution in [2.24, 2.45) is 0 Å². The summed E-state index contributed by atoms with van der Waals surface area (Å²) in [7, 11) is 0. The first-order valence-corrected chi connectivity index (χ1v) is 12.3. The summed E-state index contributed by atoms with van der Waals surface area (Å²) in [6.45, 7) is 4.36. The van der Waals surface area contributed by atoms with Crippen LogP contribution in [0.15, 0.2) is 52.9 Å². The molecule has 33 heavy (non-hydrogen) atoms. The number of anilines is 2. The molecule has 2 N–H and O–H groups in total. The van der Waals surface area contributed by atoms with Gasteiger partial charge in [0.15, 0.2) is 0 Å². The maximum absolute atomic E-state index is 12.9. The third kappa shape index (κ3) is 4.22. The van der Waals surface area contributed by atoms with E-state index in [-0.39, 0.29) is 11.9 Å². The van der Waals surface area contributed by atoms with Gasteiger partial charge < -0.3 is 15.1 Å². The van der Waals surface area contributed by atoms with Gasteiger partial charge in [0.2, 0.25) is 0 Å². The van der Waals surface area contributed by atoms with Crippen molar-refractivity contribution in [3.63, 3.8) is 0 Å². The summed E-state index contributed by atoms with van der Waals surface area (Å²) in [5.41, 5.74) is 7.47. The van der Waals surface area contributed by atoms with E-state index >= 15 is 0 Å². The molecular weight excluding hydrogens is 408 g/mol. The highest BCUT2D eigenvalue weighted by atomic mass is 16.3. The molecule has 170 valence electrons. The summed E-state index contributed by atoms with van der Waals surface area (Å²) >= 11 is 0. The fraction of sp³-hybridized carbons (Fsp3) is 0.345. The summed E-state index contributed by atoms with van der Waals surface area (Å²) in [6, 6.07) is 16.7. The largest absolute Gasteiger partial charge is 0.461 e. The molecule has 0 saturated heterocycles. The van der Waals surface area contributed by atoms with Crippen LogP contribution in [-0.4, -0.2) is 5.91 Å². The molecule has 1 aliphatic heterocycles. The van der Waals surface area contributed by atoms with Crippen LogP contribution in [0.1, 0.15) is 79.3 Å². The Balaban J connectivity index is 1.62. The molecule has 1 aliphatic carbocycles. The summed E-state index contributed by atoms with van der Waals surface area (Å²) in [5.74, 6) is 1.88. The van der Waals surface area contributed by atoms with E-state index in [0.717, 1.165) is 67.0 Å². The van der Waals surface area contributed by atoms with Crippen LogP contribution >= 0.6 is 0 Å². The predicted octanol–water partition coefficient (Wildman–Crippen LogP) is 7.17. The molecule has 1 unspecified atom stereocenters. The molecule has 0 bridgehead atoms. The van der Waals surface area contributed by atoms with Gasteiger partial charge in [-0.15, -0.1) is 0 Å². The van der Waals surface area contributed by atoms with Crippen LogP contribution in [0.5, 0.6) is 0 Å². The van der Waals surface area contributed by atoms with E-state index in [2.05, 4.69) is 60.9 Å². The predicted molar refractivity (Wildman–Crippen MR) is 135 cm³/mol. The Morgan fingerprint density at radius 2 is 1.91 bits per heavy atom. The fourth-order valence-corrected chi connectivity index (χ4v) is 5.14. The van der Waals surface area contributed by atoms with Crippen LogP contribution in [-0.2, 0) is 24.1 Å². The van der Waals surface area contributed by atoms with E-state index in [9.17, 15) is 4.79 Å². The van der Waals surface area contributed by atoms with Gasteiger partial charge in [0.05, 0.1) is 11.6 Å². The third-order valence-electron chi connectivity index (χ3n) is 6.83. The number of para-hydroxylation sites is 1. The first kappa shape index (κ1) is 21.6. The van der Waals surface area contributed by atoms with Crippen molar-refractivity contribution < 1.29 is 9.21 Å². The molecule has 5 rings (SSSR count). The van der Waals surface area contributed by atoms with Crippen molar-refractivity contribution in [1.82, 2.24) is 0 Å². The molecule has 2 heterocycles. The Labute approximate surface area is 196 Å². The first-order chi connectivity index (χ1) is 16.2. The molecule has 0 spiro atoms. The average Bonchev–Trinajstić information content (AvgIpc) is 3.36. The zero-order valence-corrected chi connectivity index (χ0v) is 19.5. The second-order valence-electron chi connectivity index (χ2n) is 9.09. The lowest BCUT2D eigenvalue weighted by Gasteiger charge is -2.22. The highest BCUT2D eigenvalue weighted by molar-refractivity contribution is 6.34. The number of carbonyl (C=O) groups excluding carboxylic acids is 1. The van der Waals surface area contributed by atoms with Gasteiger partial charge in [-0.2, -0.15) is 0 Å². The van der Waals surface area contributed by atoms with Gasteiger partial charge in [0.25, 0.3) is 5.91 Å². The molecule has 0 saturated carbocycles. The molecule has 1 aromatic heterocycles. The van der Waals surface area contributed by atoms with Crippen molar-refractivity contribution in [2.75, 3.05) is 10.6 Å². The van der Waals surface area contributed by atoms with Gasteiger partial charge in [0, 0.05) is 28.9 Å². The van der Waals surface area contributed by atoms with Gasteiger partial charge in [-0.25, -0.2) is 0 Å². The Bertz CT molecular complexity index is 1190. The van der Waals surface area contributed by atoms with Crippen molar-refractivity contribution in [3.05, 3.63) is 82.3 Å². The number of aryl methyl sites for hydroxylation is 2. The monoisotopic (exact) mass is 440 g/mol. The van der Waals surface area contributed by atoms with E-state index in [1.165, 1.54) is 23.1 Å². The minimum atomic E-state index is -0.0540. The van der Waals surface area contributed by atoms with E-state index in [4.69, 9.17) is 4.42 Å². The lowest BCUT2D eigenvalue weighted by atomic mass is 9.89. The highest BCUT2D eigenvalue weighted by Gasteiger charge is 2.30. The minimum absolute atomic E-state index is 0.0540. The number of benzene rings is 2. The van der Waals surface area contributed by atoms with E-state index in [1.54, 1.807) is 0 Å². The van der Waals surface area contributed by atoms with Crippen LogP contribution in [0.3, 0.4) is 0 Å². The standard InChI is InChI=1S/C29H32N2O2/c1-3-10-25(30-20-11-6-5-7-12-20)28-21-13-8-9-14-26(21)33-27(28)18-23-22-17-19(4-2)15-16-24(22)31-29(23)32/h5-7,11-12,15-18,25,30H,3-4,8-10,13-14H2,1-2H3,(H,31,32). The maximum atomic E-state index is 12.9. The smallest absolute Gasteiger partial charge is 0.256 e. The third-order valence-corrected chi connectivity index (χ3v) is 6.83. The van der Waals surface area contributed by atoms with Crippen molar-refractivity contribution in [1.29, 1.82) is 0 Å². The normalized spacial score (nSPS) is 16.9. The number of rotatable bonds is 7. The first-order valence-electron chi connectivity index (χ1n) is 12.3. The van der Waals surface area contributed by atoms with Gasteiger partial charge in [0.1, 0.15) is 11.5 Å². The number of hydrogen-bond donors (Lipinski definition) is 2. The summed E-state index contributed by atoms with van der Waals surface area (Å²) < 4.78 is 6.49.